The fraction of sp³-hybridized carbons (Fsp3) is 0.675. The summed E-state index contributed by atoms with van der Waals surface area (Å²) in [5.74, 6) is -6.48. The van der Waals surface area contributed by atoms with Crippen molar-refractivity contribution in [3.63, 3.8) is 0 Å². The molecule has 0 bridgehead atoms. The van der Waals surface area contributed by atoms with Gasteiger partial charge in [0.1, 0.15) is 18.3 Å². The number of allylic oxidation sites excluding steroid dienone is 5. The molecular formula is C40H62O12. The Morgan fingerprint density at radius 2 is 1.69 bits per heavy atom. The van der Waals surface area contributed by atoms with Crippen LogP contribution in [-0.2, 0) is 42.8 Å². The van der Waals surface area contributed by atoms with Gasteiger partial charge in [0.2, 0.25) is 5.76 Å². The minimum Gasteiger partial charge on any atom is -0.490 e. The highest BCUT2D eigenvalue weighted by Gasteiger charge is 2.54. The molecule has 0 aliphatic carbocycles. The number of aliphatic carboxylic acids is 1. The van der Waals surface area contributed by atoms with Crippen LogP contribution in [-0.4, -0.2) is 97.0 Å². The largest absolute Gasteiger partial charge is 0.490 e. The second kappa shape index (κ2) is 20.2. The fourth-order valence-electron chi connectivity index (χ4n) is 7.30. The molecule has 52 heavy (non-hydrogen) atoms. The summed E-state index contributed by atoms with van der Waals surface area (Å²) in [6.45, 7) is 17.0. The van der Waals surface area contributed by atoms with Gasteiger partial charge in [-0.1, -0.05) is 83.9 Å². The first-order chi connectivity index (χ1) is 24.3. The normalized spacial score (nSPS) is 36.6. The summed E-state index contributed by atoms with van der Waals surface area (Å²) < 4.78 is 35.9. The number of hydrogen-bond donors (Lipinski definition) is 3. The van der Waals surface area contributed by atoms with E-state index in [0.29, 0.717) is 18.1 Å². The lowest BCUT2D eigenvalue weighted by Crippen LogP contribution is -2.60. The summed E-state index contributed by atoms with van der Waals surface area (Å²) in [6.07, 6.45) is 6.35. The molecule has 0 radical (unpaired) electrons. The molecule has 1 fully saturated rings. The van der Waals surface area contributed by atoms with Crippen LogP contribution in [0, 0.1) is 35.5 Å². The summed E-state index contributed by atoms with van der Waals surface area (Å²) in [6, 6.07) is 0. The van der Waals surface area contributed by atoms with Crippen LogP contribution in [0.2, 0.25) is 0 Å². The first-order valence-electron chi connectivity index (χ1n) is 18.0. The van der Waals surface area contributed by atoms with E-state index >= 15 is 0 Å². The van der Waals surface area contributed by atoms with E-state index in [1.165, 1.54) is 21.3 Å². The first-order valence-corrected chi connectivity index (χ1v) is 18.0. The van der Waals surface area contributed by atoms with Crippen LogP contribution >= 0.6 is 0 Å². The predicted molar refractivity (Wildman–Crippen MR) is 196 cm³/mol. The van der Waals surface area contributed by atoms with E-state index in [2.05, 4.69) is 0 Å². The van der Waals surface area contributed by atoms with Crippen molar-refractivity contribution in [3.8, 4) is 0 Å². The molecule has 2 heterocycles. The number of cyclic esters (lactones) is 1. The van der Waals surface area contributed by atoms with Crippen molar-refractivity contribution in [3.05, 3.63) is 59.4 Å². The van der Waals surface area contributed by atoms with E-state index < -0.39 is 72.2 Å². The lowest BCUT2D eigenvalue weighted by molar-refractivity contribution is -0.339. The fourth-order valence-corrected chi connectivity index (χ4v) is 7.30. The topological polar surface area (TPSA) is 167 Å². The highest BCUT2D eigenvalue weighted by Crippen LogP contribution is 2.44. The maximum Gasteiger partial charge on any atom is 0.373 e. The highest BCUT2D eigenvalue weighted by molar-refractivity contribution is 5.90. The number of hydrogen-bond acceptors (Lipinski definition) is 11. The minimum atomic E-state index is -1.45. The van der Waals surface area contributed by atoms with Crippen LogP contribution in [0.5, 0.6) is 0 Å². The zero-order chi connectivity index (χ0) is 39.5. The van der Waals surface area contributed by atoms with Crippen LogP contribution in [0.15, 0.2) is 59.4 Å². The highest BCUT2D eigenvalue weighted by atomic mass is 16.7. The monoisotopic (exact) mass is 734 g/mol. The van der Waals surface area contributed by atoms with Crippen LogP contribution in [0.4, 0.5) is 0 Å². The number of carbonyl (C=O) groups excluding carboxylic acids is 2. The van der Waals surface area contributed by atoms with Gasteiger partial charge < -0.3 is 43.7 Å². The molecule has 2 aliphatic heterocycles. The Morgan fingerprint density at radius 3 is 2.25 bits per heavy atom. The average molecular weight is 735 g/mol. The molecule has 2 rings (SSSR count). The zero-order valence-corrected chi connectivity index (χ0v) is 32.9. The molecule has 294 valence electrons. The summed E-state index contributed by atoms with van der Waals surface area (Å²) in [5, 5.41) is 32.1. The van der Waals surface area contributed by atoms with E-state index in [9.17, 15) is 24.6 Å². The van der Waals surface area contributed by atoms with Gasteiger partial charge in [-0.15, -0.1) is 0 Å². The Kier molecular flexibility index (Phi) is 17.5. The number of aliphatic hydroxyl groups excluding tert-OH is 2. The number of rotatable bonds is 11. The molecule has 12 heteroatoms. The molecule has 0 spiro atoms. The molecule has 0 aromatic rings. The van der Waals surface area contributed by atoms with Crippen molar-refractivity contribution in [2.45, 2.75) is 118 Å². The summed E-state index contributed by atoms with van der Waals surface area (Å²) in [4.78, 5) is 37.3. The van der Waals surface area contributed by atoms with Crippen molar-refractivity contribution in [1.82, 2.24) is 0 Å². The van der Waals surface area contributed by atoms with E-state index in [-0.39, 0.29) is 35.9 Å². The van der Waals surface area contributed by atoms with Gasteiger partial charge in [0, 0.05) is 56.5 Å². The van der Waals surface area contributed by atoms with Crippen molar-refractivity contribution in [1.29, 1.82) is 0 Å². The zero-order valence-electron chi connectivity index (χ0n) is 32.9. The number of carboxylic acid groups (broad SMARTS) is 1. The average Bonchev–Trinajstić information content (AvgIpc) is 3.09. The second-order valence-electron chi connectivity index (χ2n) is 14.8. The maximum atomic E-state index is 13.7. The molecular weight excluding hydrogens is 672 g/mol. The smallest absolute Gasteiger partial charge is 0.373 e. The molecule has 0 saturated carbocycles. The molecule has 1 saturated heterocycles. The third-order valence-corrected chi connectivity index (χ3v) is 10.4. The number of ether oxygens (including phenoxy) is 6. The third-order valence-electron chi connectivity index (χ3n) is 10.4. The summed E-state index contributed by atoms with van der Waals surface area (Å²) in [5.41, 5.74) is 1.74. The van der Waals surface area contributed by atoms with Gasteiger partial charge in [0.05, 0.1) is 25.4 Å². The lowest BCUT2D eigenvalue weighted by Gasteiger charge is -2.51. The standard InChI is InChI=1S/C40H62O12/c1-22(2)37-27(7)32(50-34(43)17-16-33(41)42)21-40(49-12,52-37)29(9)36(45)28(8)38-30(47-10)15-13-14-23(3)18-25(5)35(44)26(6)19-24(4)20-31(48-11)39(46)51-38/h13-17,19-20,22,25-30,32,35-38,44-45H,18,21H2,1-12H3,(H,41,42)/b15-13-,17-16+,23-14+,24-19+,31-20+. The van der Waals surface area contributed by atoms with Gasteiger partial charge in [-0.2, -0.15) is 0 Å². The molecule has 0 amide bonds. The van der Waals surface area contributed by atoms with Crippen LogP contribution in [0.3, 0.4) is 0 Å². The Morgan fingerprint density at radius 1 is 1.04 bits per heavy atom. The molecule has 0 aromatic carbocycles. The number of carbonyl (C=O) groups is 3. The first kappa shape index (κ1) is 44.9. The van der Waals surface area contributed by atoms with Crippen LogP contribution < -0.4 is 0 Å². The predicted octanol–water partition coefficient (Wildman–Crippen LogP) is 5.54. The van der Waals surface area contributed by atoms with Crippen LogP contribution in [0.1, 0.15) is 75.2 Å². The minimum absolute atomic E-state index is 0.0345. The van der Waals surface area contributed by atoms with Gasteiger partial charge >= 0.3 is 17.9 Å². The van der Waals surface area contributed by atoms with E-state index in [1.54, 1.807) is 26.0 Å². The van der Waals surface area contributed by atoms with Gasteiger partial charge in [-0.3, -0.25) is 0 Å². The molecule has 12 atom stereocenters. The number of esters is 2. The van der Waals surface area contributed by atoms with Gasteiger partial charge in [0.15, 0.2) is 5.79 Å². The molecule has 2 aliphatic rings. The number of methoxy groups -OCH3 is 3. The Labute approximate surface area is 309 Å². The lowest BCUT2D eigenvalue weighted by atomic mass is 9.76. The van der Waals surface area contributed by atoms with E-state index in [1.807, 2.05) is 66.7 Å². The quantitative estimate of drug-likeness (QED) is 0.180. The van der Waals surface area contributed by atoms with Crippen molar-refractivity contribution in [2.24, 2.45) is 35.5 Å². The van der Waals surface area contributed by atoms with E-state index in [4.69, 9.17) is 33.5 Å². The Hall–Kier alpha value is -3.29. The number of carboxylic acids is 1. The van der Waals surface area contributed by atoms with Gasteiger partial charge in [-0.25, -0.2) is 14.4 Å². The van der Waals surface area contributed by atoms with Crippen molar-refractivity contribution >= 4 is 17.9 Å². The maximum absolute atomic E-state index is 13.7. The van der Waals surface area contributed by atoms with Gasteiger partial charge in [-0.05, 0) is 38.2 Å². The van der Waals surface area contributed by atoms with Crippen molar-refractivity contribution in [2.75, 3.05) is 21.3 Å². The summed E-state index contributed by atoms with van der Waals surface area (Å²) >= 11 is 0. The molecule has 12 unspecified atom stereocenters. The van der Waals surface area contributed by atoms with Crippen LogP contribution in [0.25, 0.3) is 0 Å². The molecule has 3 N–H and O–H groups in total. The Bertz CT molecular complexity index is 1360. The SMILES string of the molecule is CO/C1=C/C(C)=C/C(C)C(O)C(C)C/C(C)=C/C=C\C(OC)C(C(C)C(O)C(C)C2(OC)CC(OC(=O)/C=C/C(=O)O)C(C)C(C(C)C)O2)OC1=O. The molecule has 0 aromatic heterocycles. The summed E-state index contributed by atoms with van der Waals surface area (Å²) in [7, 11) is 4.31. The second-order valence-corrected chi connectivity index (χ2v) is 14.8. The molecule has 12 nitrogen and oxygen atoms in total. The van der Waals surface area contributed by atoms with Crippen molar-refractivity contribution < 1.29 is 58.1 Å². The third kappa shape index (κ3) is 11.9. The van der Waals surface area contributed by atoms with E-state index in [0.717, 1.165) is 11.6 Å². The number of aliphatic hydroxyl groups is 2. The van der Waals surface area contributed by atoms with Gasteiger partial charge in [0.25, 0.3) is 0 Å². The Balaban J connectivity index is 2.59.